The van der Waals surface area contributed by atoms with Crippen LogP contribution in [-0.4, -0.2) is 16.6 Å². The molecule has 0 saturated heterocycles. The monoisotopic (exact) mass is 323 g/mol. The molecule has 0 aliphatic carbocycles. The summed E-state index contributed by atoms with van der Waals surface area (Å²) in [5, 5.41) is 14.7. The number of carbonyl (C=O) groups excluding carboxylic acids is 1. The third-order valence-corrected chi connectivity index (χ3v) is 2.95. The van der Waals surface area contributed by atoms with Crippen LogP contribution in [0.3, 0.4) is 0 Å². The molecule has 2 rings (SSSR count). The van der Waals surface area contributed by atoms with Gasteiger partial charge in [-0.05, 0) is 19.9 Å². The zero-order chi connectivity index (χ0) is 17.3. The Morgan fingerprint density at radius 2 is 1.96 bits per heavy atom. The third-order valence-electron chi connectivity index (χ3n) is 2.95. The van der Waals surface area contributed by atoms with Gasteiger partial charge in [-0.2, -0.15) is 18.4 Å². The molecule has 0 aliphatic heterocycles. The molecular weight excluding hydrogens is 311 g/mol. The van der Waals surface area contributed by atoms with E-state index in [1.165, 1.54) is 32.0 Å². The van der Waals surface area contributed by atoms with Crippen LogP contribution in [-0.2, 0) is 6.18 Å². The first-order valence-corrected chi connectivity index (χ1v) is 6.51. The molecule has 0 spiro atoms. The van der Waals surface area contributed by atoms with Gasteiger partial charge in [-0.1, -0.05) is 23.4 Å². The van der Waals surface area contributed by atoms with Crippen LogP contribution in [0.15, 0.2) is 34.9 Å². The summed E-state index contributed by atoms with van der Waals surface area (Å²) in [6.45, 7) is 2.95. The van der Waals surface area contributed by atoms with E-state index in [4.69, 9.17) is 9.78 Å². The molecule has 1 aromatic carbocycles. The number of hydrogen-bond acceptors (Lipinski definition) is 4. The molecule has 0 atom stereocenters. The van der Waals surface area contributed by atoms with Gasteiger partial charge in [0, 0.05) is 11.6 Å². The highest BCUT2D eigenvalue weighted by Crippen LogP contribution is 2.37. The standard InChI is InChI=1S/C15H12F3N3O2/c1-14(2,8-19)20-13(22)11-7-12(23-21-11)9-5-3-4-6-10(9)15(16,17)18/h3-7H,1-2H3,(H,20,22). The molecule has 23 heavy (non-hydrogen) atoms. The molecule has 1 aromatic heterocycles. The highest BCUT2D eigenvalue weighted by molar-refractivity contribution is 5.93. The topological polar surface area (TPSA) is 78.9 Å². The number of benzene rings is 1. The lowest BCUT2D eigenvalue weighted by atomic mass is 10.0. The predicted octanol–water partition coefficient (Wildman–Crippen LogP) is 3.39. The minimum absolute atomic E-state index is 0.183. The number of nitriles is 1. The Morgan fingerprint density at radius 3 is 2.57 bits per heavy atom. The number of hydrogen-bond donors (Lipinski definition) is 1. The normalized spacial score (nSPS) is 11.8. The van der Waals surface area contributed by atoms with E-state index in [1.807, 2.05) is 6.07 Å². The first kappa shape index (κ1) is 16.5. The third kappa shape index (κ3) is 3.69. The number of aromatic nitrogens is 1. The number of amides is 1. The van der Waals surface area contributed by atoms with Crippen LogP contribution in [0.25, 0.3) is 11.3 Å². The first-order valence-electron chi connectivity index (χ1n) is 6.51. The van der Waals surface area contributed by atoms with Gasteiger partial charge in [-0.3, -0.25) is 4.79 Å². The molecule has 1 amide bonds. The van der Waals surface area contributed by atoms with Crippen molar-refractivity contribution in [3.63, 3.8) is 0 Å². The van der Waals surface area contributed by atoms with E-state index in [-0.39, 0.29) is 17.0 Å². The van der Waals surface area contributed by atoms with Gasteiger partial charge in [0.1, 0.15) is 5.54 Å². The van der Waals surface area contributed by atoms with Crippen LogP contribution in [0.4, 0.5) is 13.2 Å². The van der Waals surface area contributed by atoms with E-state index in [2.05, 4.69) is 10.5 Å². The van der Waals surface area contributed by atoms with Crippen LogP contribution in [0, 0.1) is 11.3 Å². The van der Waals surface area contributed by atoms with Crippen molar-refractivity contribution in [3.05, 3.63) is 41.6 Å². The van der Waals surface area contributed by atoms with Gasteiger partial charge in [-0.15, -0.1) is 0 Å². The van der Waals surface area contributed by atoms with Gasteiger partial charge in [0.05, 0.1) is 11.6 Å². The van der Waals surface area contributed by atoms with E-state index in [0.29, 0.717) is 0 Å². The Bertz CT molecular complexity index is 773. The Morgan fingerprint density at radius 1 is 1.30 bits per heavy atom. The molecule has 8 heteroatoms. The molecule has 0 unspecified atom stereocenters. The maximum absolute atomic E-state index is 13.0. The maximum Gasteiger partial charge on any atom is 0.417 e. The highest BCUT2D eigenvalue weighted by Gasteiger charge is 2.34. The maximum atomic E-state index is 13.0. The van der Waals surface area contributed by atoms with Gasteiger partial charge >= 0.3 is 6.18 Å². The van der Waals surface area contributed by atoms with Crippen molar-refractivity contribution in [1.82, 2.24) is 10.5 Å². The van der Waals surface area contributed by atoms with Crippen LogP contribution in [0.1, 0.15) is 29.9 Å². The molecule has 0 radical (unpaired) electrons. The molecule has 120 valence electrons. The molecule has 0 bridgehead atoms. The Labute approximate surface area is 129 Å². The molecule has 1 heterocycles. The number of halogens is 3. The van der Waals surface area contributed by atoms with Crippen LogP contribution < -0.4 is 5.32 Å². The van der Waals surface area contributed by atoms with Crippen molar-refractivity contribution in [2.45, 2.75) is 25.6 Å². The SMILES string of the molecule is CC(C)(C#N)NC(=O)c1cc(-c2ccccc2C(F)(F)F)on1. The molecule has 0 fully saturated rings. The van der Waals surface area contributed by atoms with E-state index >= 15 is 0 Å². The Kier molecular flexibility index (Phi) is 4.14. The summed E-state index contributed by atoms with van der Waals surface area (Å²) in [6, 6.07) is 7.79. The summed E-state index contributed by atoms with van der Waals surface area (Å²) >= 11 is 0. The van der Waals surface area contributed by atoms with Crippen molar-refractivity contribution in [2.75, 3.05) is 0 Å². The van der Waals surface area contributed by atoms with E-state index < -0.39 is 23.2 Å². The quantitative estimate of drug-likeness (QED) is 0.939. The summed E-state index contributed by atoms with van der Waals surface area (Å²) in [5.74, 6) is -0.895. The largest absolute Gasteiger partial charge is 0.417 e. The molecule has 0 saturated carbocycles. The number of carbonyl (C=O) groups is 1. The molecule has 0 aliphatic rings. The van der Waals surface area contributed by atoms with Crippen LogP contribution in [0.5, 0.6) is 0 Å². The second-order valence-corrected chi connectivity index (χ2v) is 5.31. The Balaban J connectivity index is 2.35. The second kappa shape index (κ2) is 5.76. The van der Waals surface area contributed by atoms with Crippen molar-refractivity contribution in [1.29, 1.82) is 5.26 Å². The average Bonchev–Trinajstić information content (AvgIpc) is 2.96. The van der Waals surface area contributed by atoms with Gasteiger partial charge in [-0.25, -0.2) is 0 Å². The zero-order valence-corrected chi connectivity index (χ0v) is 12.2. The smallest absolute Gasteiger partial charge is 0.355 e. The summed E-state index contributed by atoms with van der Waals surface area (Å²) in [5.41, 5.74) is -2.45. The highest BCUT2D eigenvalue weighted by atomic mass is 19.4. The van der Waals surface area contributed by atoms with Gasteiger partial charge in [0.15, 0.2) is 11.5 Å². The van der Waals surface area contributed by atoms with Crippen molar-refractivity contribution in [2.24, 2.45) is 0 Å². The van der Waals surface area contributed by atoms with Crippen molar-refractivity contribution < 1.29 is 22.5 Å². The van der Waals surface area contributed by atoms with Gasteiger partial charge in [0.2, 0.25) is 0 Å². The minimum Gasteiger partial charge on any atom is -0.355 e. The van der Waals surface area contributed by atoms with E-state index in [0.717, 1.165) is 12.1 Å². The fourth-order valence-corrected chi connectivity index (χ4v) is 1.83. The molecular formula is C15H12F3N3O2. The van der Waals surface area contributed by atoms with Crippen molar-refractivity contribution in [3.8, 4) is 17.4 Å². The van der Waals surface area contributed by atoms with Crippen LogP contribution >= 0.6 is 0 Å². The molecule has 5 nitrogen and oxygen atoms in total. The number of rotatable bonds is 3. The van der Waals surface area contributed by atoms with E-state index in [9.17, 15) is 18.0 Å². The van der Waals surface area contributed by atoms with Gasteiger partial charge in [0.25, 0.3) is 5.91 Å². The lowest BCUT2D eigenvalue weighted by Gasteiger charge is -2.15. The second-order valence-electron chi connectivity index (χ2n) is 5.31. The van der Waals surface area contributed by atoms with E-state index in [1.54, 1.807) is 0 Å². The molecule has 1 N–H and O–H groups in total. The fourth-order valence-electron chi connectivity index (χ4n) is 1.83. The Hall–Kier alpha value is -2.82. The summed E-state index contributed by atoms with van der Waals surface area (Å²) < 4.78 is 43.8. The van der Waals surface area contributed by atoms with Gasteiger partial charge < -0.3 is 9.84 Å². The summed E-state index contributed by atoms with van der Waals surface area (Å²) in [6.07, 6.45) is -4.56. The fraction of sp³-hybridized carbons (Fsp3) is 0.267. The number of nitrogens with one attached hydrogen (secondary N) is 1. The lowest BCUT2D eigenvalue weighted by Crippen LogP contribution is -2.42. The summed E-state index contributed by atoms with van der Waals surface area (Å²) in [7, 11) is 0. The summed E-state index contributed by atoms with van der Waals surface area (Å²) in [4.78, 5) is 11.9. The molecule has 2 aromatic rings. The minimum atomic E-state index is -4.56. The average molecular weight is 323 g/mol. The number of alkyl halides is 3. The zero-order valence-electron chi connectivity index (χ0n) is 12.2. The van der Waals surface area contributed by atoms with Crippen molar-refractivity contribution >= 4 is 5.91 Å². The predicted molar refractivity (Wildman–Crippen MR) is 74.1 cm³/mol. The lowest BCUT2D eigenvalue weighted by molar-refractivity contribution is -0.137. The number of nitrogens with zero attached hydrogens (tertiary/aromatic N) is 2. The first-order chi connectivity index (χ1) is 10.6. The van der Waals surface area contributed by atoms with Crippen LogP contribution in [0.2, 0.25) is 0 Å².